The minimum atomic E-state index is -1.55. The van der Waals surface area contributed by atoms with Crippen LogP contribution in [0.15, 0.2) is 48.6 Å². The Morgan fingerprint density at radius 2 is 0.861 bits per heavy atom. The number of hydrogen-bond donors (Lipinski definition) is 6. The van der Waals surface area contributed by atoms with Gasteiger partial charge in [0.05, 0.1) is 25.4 Å². The van der Waals surface area contributed by atoms with Crippen molar-refractivity contribution in [3.8, 4) is 0 Å². The highest BCUT2D eigenvalue weighted by atomic mass is 16.7. The van der Waals surface area contributed by atoms with E-state index in [2.05, 4.69) is 67.8 Å². The zero-order chi connectivity index (χ0) is 52.2. The van der Waals surface area contributed by atoms with Gasteiger partial charge in [0, 0.05) is 6.42 Å². The molecular weight excluding hydrogens is 899 g/mol. The zero-order valence-electron chi connectivity index (χ0n) is 46.9. The van der Waals surface area contributed by atoms with E-state index in [1.807, 2.05) is 0 Å². The molecule has 0 aromatic heterocycles. The molecule has 0 spiro atoms. The van der Waals surface area contributed by atoms with E-state index in [1.54, 1.807) is 0 Å². The van der Waals surface area contributed by atoms with Crippen LogP contribution < -0.4 is 5.32 Å². The van der Waals surface area contributed by atoms with Crippen molar-refractivity contribution in [2.75, 3.05) is 13.2 Å². The third kappa shape index (κ3) is 41.4. The number of rotatable bonds is 53. The van der Waals surface area contributed by atoms with Gasteiger partial charge in [-0.3, -0.25) is 4.79 Å². The molecule has 1 aliphatic rings. The largest absolute Gasteiger partial charge is 0.394 e. The highest BCUT2D eigenvalue weighted by Crippen LogP contribution is 2.23. The van der Waals surface area contributed by atoms with Crippen molar-refractivity contribution in [1.82, 2.24) is 5.32 Å². The van der Waals surface area contributed by atoms with Crippen LogP contribution in [0.2, 0.25) is 0 Å². The van der Waals surface area contributed by atoms with Gasteiger partial charge < -0.3 is 40.3 Å². The first-order valence-electron chi connectivity index (χ1n) is 30.8. The summed E-state index contributed by atoms with van der Waals surface area (Å²) in [7, 11) is 0. The average Bonchev–Trinajstić information content (AvgIpc) is 3.38. The second-order valence-corrected chi connectivity index (χ2v) is 21.5. The second-order valence-electron chi connectivity index (χ2n) is 21.5. The van der Waals surface area contributed by atoms with Crippen LogP contribution in [0.25, 0.3) is 0 Å². The SMILES string of the molecule is CC/C=C\C/C=C\C/C=C\C/C=C\CCCCCCCCCCCCCCCCCCCCCCCCCCCCC(=O)NC(COC1OC(CO)C(O)C(O)C1O)C(O)CCCCCCCCCCCC. The van der Waals surface area contributed by atoms with E-state index in [4.69, 9.17) is 9.47 Å². The molecule has 1 saturated heterocycles. The number of amides is 1. The van der Waals surface area contributed by atoms with Gasteiger partial charge in [0.2, 0.25) is 5.91 Å². The maximum Gasteiger partial charge on any atom is 0.220 e. The molecule has 0 radical (unpaired) electrons. The fourth-order valence-electron chi connectivity index (χ4n) is 9.86. The second kappa shape index (κ2) is 52.6. The number of nitrogens with one attached hydrogen (secondary N) is 1. The van der Waals surface area contributed by atoms with Gasteiger partial charge in [-0.2, -0.15) is 0 Å². The predicted molar refractivity (Wildman–Crippen MR) is 304 cm³/mol. The lowest BCUT2D eigenvalue weighted by atomic mass is 9.99. The Balaban J connectivity index is 1.99. The van der Waals surface area contributed by atoms with Crippen molar-refractivity contribution in [3.05, 3.63) is 48.6 Å². The van der Waals surface area contributed by atoms with Crippen molar-refractivity contribution in [2.24, 2.45) is 0 Å². The van der Waals surface area contributed by atoms with Crippen LogP contribution >= 0.6 is 0 Å². The summed E-state index contributed by atoms with van der Waals surface area (Å²) in [5.41, 5.74) is 0. The van der Waals surface area contributed by atoms with E-state index in [-0.39, 0.29) is 12.5 Å². The Labute approximate surface area is 444 Å². The molecular formula is C63H117NO8. The molecule has 6 N–H and O–H groups in total. The lowest BCUT2D eigenvalue weighted by molar-refractivity contribution is -0.302. The lowest BCUT2D eigenvalue weighted by Gasteiger charge is -2.40. The summed E-state index contributed by atoms with van der Waals surface area (Å²) in [6.45, 7) is 3.72. The van der Waals surface area contributed by atoms with Crippen LogP contribution in [-0.4, -0.2) is 87.5 Å². The van der Waals surface area contributed by atoms with E-state index in [9.17, 15) is 30.3 Å². The first-order valence-corrected chi connectivity index (χ1v) is 30.8. The molecule has 7 atom stereocenters. The van der Waals surface area contributed by atoms with Gasteiger partial charge in [0.25, 0.3) is 0 Å². The average molecular weight is 1020 g/mol. The summed E-state index contributed by atoms with van der Waals surface area (Å²) < 4.78 is 11.3. The van der Waals surface area contributed by atoms with Crippen LogP contribution in [0, 0.1) is 0 Å². The number of aliphatic hydroxyl groups is 5. The summed E-state index contributed by atoms with van der Waals surface area (Å²) >= 11 is 0. The highest BCUT2D eigenvalue weighted by molar-refractivity contribution is 5.76. The fraction of sp³-hybridized carbons (Fsp3) is 0.857. The van der Waals surface area contributed by atoms with E-state index in [1.165, 1.54) is 199 Å². The molecule has 1 rings (SSSR count). The van der Waals surface area contributed by atoms with Crippen LogP contribution in [0.4, 0.5) is 0 Å². The molecule has 72 heavy (non-hydrogen) atoms. The maximum absolute atomic E-state index is 13.0. The molecule has 0 aliphatic carbocycles. The van der Waals surface area contributed by atoms with Gasteiger partial charge in [-0.25, -0.2) is 0 Å². The molecule has 9 heteroatoms. The number of unbranched alkanes of at least 4 members (excludes halogenated alkanes) is 35. The van der Waals surface area contributed by atoms with Crippen LogP contribution in [0.3, 0.4) is 0 Å². The number of carbonyl (C=O) groups is 1. The molecule has 0 aromatic carbocycles. The molecule has 422 valence electrons. The summed E-state index contributed by atoms with van der Waals surface area (Å²) in [5, 5.41) is 54.5. The van der Waals surface area contributed by atoms with Crippen LogP contribution in [-0.2, 0) is 14.3 Å². The van der Waals surface area contributed by atoms with Gasteiger partial charge in [0.15, 0.2) is 6.29 Å². The van der Waals surface area contributed by atoms with Gasteiger partial charge in [0.1, 0.15) is 24.4 Å². The molecule has 1 fully saturated rings. The first kappa shape index (κ1) is 68.2. The Morgan fingerprint density at radius 3 is 1.28 bits per heavy atom. The summed E-state index contributed by atoms with van der Waals surface area (Å²) in [6.07, 6.45) is 63.4. The van der Waals surface area contributed by atoms with E-state index >= 15 is 0 Å². The first-order chi connectivity index (χ1) is 35.3. The lowest BCUT2D eigenvalue weighted by Crippen LogP contribution is -2.60. The van der Waals surface area contributed by atoms with Crippen molar-refractivity contribution in [2.45, 2.75) is 333 Å². The quantitative estimate of drug-likeness (QED) is 0.0261. The number of ether oxygens (including phenoxy) is 2. The highest BCUT2D eigenvalue weighted by Gasteiger charge is 2.44. The van der Waals surface area contributed by atoms with E-state index < -0.39 is 49.5 Å². The Bertz CT molecular complexity index is 1270. The van der Waals surface area contributed by atoms with Crippen LogP contribution in [0.1, 0.15) is 290 Å². The van der Waals surface area contributed by atoms with Crippen molar-refractivity contribution in [1.29, 1.82) is 0 Å². The Kier molecular flexibility index (Phi) is 49.8. The summed E-state index contributed by atoms with van der Waals surface area (Å²) in [6, 6.07) is -0.715. The smallest absolute Gasteiger partial charge is 0.220 e. The number of aliphatic hydroxyl groups excluding tert-OH is 5. The minimum absolute atomic E-state index is 0.135. The van der Waals surface area contributed by atoms with Gasteiger partial charge in [-0.05, 0) is 51.4 Å². The minimum Gasteiger partial charge on any atom is -0.394 e. The van der Waals surface area contributed by atoms with Gasteiger partial charge in [-0.15, -0.1) is 0 Å². The zero-order valence-corrected chi connectivity index (χ0v) is 46.9. The van der Waals surface area contributed by atoms with Crippen LogP contribution in [0.5, 0.6) is 0 Å². The van der Waals surface area contributed by atoms with Gasteiger partial charge in [-0.1, -0.05) is 281 Å². The molecule has 0 bridgehead atoms. The Morgan fingerprint density at radius 1 is 0.486 bits per heavy atom. The molecule has 1 heterocycles. The molecule has 1 aliphatic heterocycles. The number of allylic oxidation sites excluding steroid dienone is 8. The maximum atomic E-state index is 13.0. The fourth-order valence-corrected chi connectivity index (χ4v) is 9.86. The Hall–Kier alpha value is -1.85. The van der Waals surface area contributed by atoms with Gasteiger partial charge >= 0.3 is 0 Å². The molecule has 0 aromatic rings. The molecule has 1 amide bonds. The van der Waals surface area contributed by atoms with Crippen molar-refractivity contribution >= 4 is 5.91 Å². The molecule has 7 unspecified atom stereocenters. The predicted octanol–water partition coefficient (Wildman–Crippen LogP) is 15.7. The monoisotopic (exact) mass is 1020 g/mol. The van der Waals surface area contributed by atoms with Crippen molar-refractivity contribution < 1.29 is 39.8 Å². The third-order valence-electron chi connectivity index (χ3n) is 14.7. The van der Waals surface area contributed by atoms with Crippen molar-refractivity contribution in [3.63, 3.8) is 0 Å². The normalized spacial score (nSPS) is 19.5. The molecule has 0 saturated carbocycles. The topological polar surface area (TPSA) is 149 Å². The third-order valence-corrected chi connectivity index (χ3v) is 14.7. The van der Waals surface area contributed by atoms with E-state index in [0.717, 1.165) is 64.2 Å². The standard InChI is InChI=1S/C63H117NO8/c1-3-5-7-9-11-13-15-16-17-18-19-20-21-22-23-24-25-26-27-28-29-30-31-32-33-34-35-36-37-38-39-40-41-42-43-45-47-49-51-53-59(67)64-56(55-71-63-62(70)61(69)60(68)58(54-65)72-63)57(66)52-50-48-46-44-14-12-10-8-6-4-2/h5,7,11,13,16-17,19-20,56-58,60-63,65-66,68-70H,3-4,6,8-10,12,14-15,18,21-55H2,1-2H3,(H,64,67)/b7-5-,13-11-,17-16-,20-19-. The summed E-state index contributed by atoms with van der Waals surface area (Å²) in [5.74, 6) is -0.141. The summed E-state index contributed by atoms with van der Waals surface area (Å²) in [4.78, 5) is 13.0. The number of carbonyl (C=O) groups excluding carboxylic acids is 1. The van der Waals surface area contributed by atoms with E-state index in [0.29, 0.717) is 12.8 Å². The molecule has 9 nitrogen and oxygen atoms in total. The number of hydrogen-bond acceptors (Lipinski definition) is 8.